The highest BCUT2D eigenvalue weighted by Gasteiger charge is 2.32. The fraction of sp³-hybridized carbons (Fsp3) is 0.273. The van der Waals surface area contributed by atoms with Crippen molar-refractivity contribution in [2.45, 2.75) is 31.0 Å². The Balaban J connectivity index is 1.63. The van der Waals surface area contributed by atoms with Gasteiger partial charge in [-0.1, -0.05) is 29.8 Å². The van der Waals surface area contributed by atoms with Gasteiger partial charge in [-0.3, -0.25) is 9.89 Å². The van der Waals surface area contributed by atoms with E-state index in [1.54, 1.807) is 18.9 Å². The number of aromatic amines is 1. The van der Waals surface area contributed by atoms with Crippen LogP contribution in [0, 0.1) is 6.92 Å². The van der Waals surface area contributed by atoms with Gasteiger partial charge in [-0.15, -0.1) is 11.8 Å². The first kappa shape index (κ1) is 20.6. The van der Waals surface area contributed by atoms with E-state index < -0.39 is 0 Å². The van der Waals surface area contributed by atoms with Crippen molar-refractivity contribution >= 4 is 35.1 Å². The van der Waals surface area contributed by atoms with Crippen molar-refractivity contribution in [2.75, 3.05) is 12.4 Å². The molecule has 2 aromatic carbocycles. The summed E-state index contributed by atoms with van der Waals surface area (Å²) >= 11 is 7.64. The van der Waals surface area contributed by atoms with Crippen LogP contribution in [0.25, 0.3) is 0 Å². The first-order valence-corrected chi connectivity index (χ1v) is 10.8. The molecule has 1 aliphatic rings. The van der Waals surface area contributed by atoms with E-state index in [0.717, 1.165) is 22.4 Å². The Labute approximate surface area is 184 Å². The molecule has 0 spiro atoms. The second-order valence-electron chi connectivity index (χ2n) is 7.09. The molecule has 8 heteroatoms. The lowest BCUT2D eigenvalue weighted by molar-refractivity contribution is -0.115. The van der Waals surface area contributed by atoms with E-state index in [1.807, 2.05) is 56.3 Å². The standard InChI is InChI=1S/C22H22ClN3O3S/c1-12-19-20(30-13(2)22(27)24-21(19)26-25-12)15-7-8-17(18(10-15)28-3)29-11-14-5-4-6-16(23)9-14/h4-10,13,20H,11H2,1-3H3,(H2,24,25,26,27)/t13-,20+/m0/s1. The van der Waals surface area contributed by atoms with Crippen LogP contribution >= 0.6 is 23.4 Å². The Morgan fingerprint density at radius 2 is 2.03 bits per heavy atom. The summed E-state index contributed by atoms with van der Waals surface area (Å²) in [6.45, 7) is 4.24. The second kappa shape index (κ2) is 8.62. The number of fused-ring (bicyclic) bond motifs is 1. The lowest BCUT2D eigenvalue weighted by Crippen LogP contribution is -2.21. The third kappa shape index (κ3) is 4.13. The molecule has 156 valence electrons. The van der Waals surface area contributed by atoms with E-state index in [4.69, 9.17) is 21.1 Å². The normalized spacial score (nSPS) is 18.3. The Morgan fingerprint density at radius 3 is 2.80 bits per heavy atom. The summed E-state index contributed by atoms with van der Waals surface area (Å²) in [7, 11) is 1.62. The van der Waals surface area contributed by atoms with Crippen LogP contribution in [-0.2, 0) is 11.4 Å². The third-order valence-corrected chi connectivity index (χ3v) is 6.62. The molecule has 0 fully saturated rings. The minimum absolute atomic E-state index is 0.0521. The summed E-state index contributed by atoms with van der Waals surface area (Å²) in [5.74, 6) is 1.81. The van der Waals surface area contributed by atoms with Gasteiger partial charge >= 0.3 is 0 Å². The van der Waals surface area contributed by atoms with Gasteiger partial charge in [0.2, 0.25) is 5.91 Å². The van der Waals surface area contributed by atoms with Crippen LogP contribution in [0.5, 0.6) is 11.5 Å². The highest BCUT2D eigenvalue weighted by Crippen LogP contribution is 2.46. The molecule has 1 aromatic heterocycles. The Hall–Kier alpha value is -2.64. The zero-order valence-corrected chi connectivity index (χ0v) is 18.4. The smallest absolute Gasteiger partial charge is 0.238 e. The molecule has 6 nitrogen and oxygen atoms in total. The van der Waals surface area contributed by atoms with Crippen molar-refractivity contribution in [1.82, 2.24) is 10.2 Å². The van der Waals surface area contributed by atoms with Gasteiger partial charge in [-0.25, -0.2) is 0 Å². The number of thioether (sulfide) groups is 1. The third-order valence-electron chi connectivity index (χ3n) is 4.98. The average Bonchev–Trinajstić information content (AvgIpc) is 3.03. The number of ether oxygens (including phenoxy) is 2. The number of anilines is 1. The van der Waals surface area contributed by atoms with Crippen molar-refractivity contribution in [3.63, 3.8) is 0 Å². The highest BCUT2D eigenvalue weighted by atomic mass is 35.5. The summed E-state index contributed by atoms with van der Waals surface area (Å²) in [6, 6.07) is 13.4. The number of methoxy groups -OCH3 is 1. The minimum atomic E-state index is -0.214. The van der Waals surface area contributed by atoms with Gasteiger partial charge < -0.3 is 14.8 Å². The molecule has 2 N–H and O–H groups in total. The van der Waals surface area contributed by atoms with E-state index in [9.17, 15) is 4.79 Å². The zero-order valence-electron chi connectivity index (χ0n) is 16.9. The molecular weight excluding hydrogens is 422 g/mol. The quantitative estimate of drug-likeness (QED) is 0.572. The minimum Gasteiger partial charge on any atom is -0.493 e. The number of carbonyl (C=O) groups excluding carboxylic acids is 1. The lowest BCUT2D eigenvalue weighted by Gasteiger charge is -2.19. The lowest BCUT2D eigenvalue weighted by atomic mass is 10.0. The van der Waals surface area contributed by atoms with Crippen molar-refractivity contribution in [3.8, 4) is 11.5 Å². The number of nitrogens with zero attached hydrogens (tertiary/aromatic N) is 1. The van der Waals surface area contributed by atoms with E-state index in [1.165, 1.54) is 0 Å². The number of aryl methyl sites for hydroxylation is 1. The van der Waals surface area contributed by atoms with Crippen LogP contribution in [0.3, 0.4) is 0 Å². The van der Waals surface area contributed by atoms with Crippen LogP contribution < -0.4 is 14.8 Å². The van der Waals surface area contributed by atoms with Crippen molar-refractivity contribution in [3.05, 3.63) is 69.9 Å². The van der Waals surface area contributed by atoms with E-state index in [-0.39, 0.29) is 16.4 Å². The zero-order chi connectivity index (χ0) is 21.3. The van der Waals surface area contributed by atoms with Crippen molar-refractivity contribution in [1.29, 1.82) is 0 Å². The number of halogens is 1. The number of benzene rings is 2. The Bertz CT molecular complexity index is 1090. The fourth-order valence-corrected chi connectivity index (χ4v) is 4.94. The van der Waals surface area contributed by atoms with Gasteiger partial charge in [0.05, 0.1) is 17.6 Å². The van der Waals surface area contributed by atoms with E-state index in [2.05, 4.69) is 15.5 Å². The van der Waals surface area contributed by atoms with Crippen LogP contribution in [-0.4, -0.2) is 28.5 Å². The molecule has 3 aromatic rings. The monoisotopic (exact) mass is 443 g/mol. The number of carbonyl (C=O) groups is 1. The average molecular weight is 444 g/mol. The number of H-pyrrole nitrogens is 1. The number of nitrogens with one attached hydrogen (secondary N) is 2. The topological polar surface area (TPSA) is 76.2 Å². The van der Waals surface area contributed by atoms with E-state index in [0.29, 0.717) is 28.9 Å². The number of hydrogen-bond donors (Lipinski definition) is 2. The molecule has 1 aliphatic heterocycles. The molecule has 0 saturated carbocycles. The first-order chi connectivity index (χ1) is 14.5. The number of rotatable bonds is 5. The largest absolute Gasteiger partial charge is 0.493 e. The van der Waals surface area contributed by atoms with Crippen LogP contribution in [0.1, 0.15) is 34.6 Å². The molecule has 2 heterocycles. The van der Waals surface area contributed by atoms with Crippen LogP contribution in [0.2, 0.25) is 5.02 Å². The Kier molecular flexibility index (Phi) is 5.92. The predicted octanol–water partition coefficient (Wildman–Crippen LogP) is 5.12. The molecule has 4 rings (SSSR count). The van der Waals surface area contributed by atoms with Crippen LogP contribution in [0.4, 0.5) is 5.82 Å². The molecule has 1 amide bonds. The molecular formula is C22H22ClN3O3S. The summed E-state index contributed by atoms with van der Waals surface area (Å²) in [5.41, 5.74) is 3.90. The van der Waals surface area contributed by atoms with Crippen LogP contribution in [0.15, 0.2) is 42.5 Å². The van der Waals surface area contributed by atoms with Gasteiger partial charge in [0.1, 0.15) is 6.61 Å². The van der Waals surface area contributed by atoms with Gasteiger partial charge in [-0.2, -0.15) is 5.10 Å². The molecule has 2 atom stereocenters. The van der Waals surface area contributed by atoms with Crippen molar-refractivity contribution in [2.24, 2.45) is 0 Å². The number of amides is 1. The molecule has 0 radical (unpaired) electrons. The van der Waals surface area contributed by atoms with Gasteiger partial charge in [-0.05, 0) is 49.2 Å². The number of hydrogen-bond acceptors (Lipinski definition) is 5. The maximum Gasteiger partial charge on any atom is 0.238 e. The summed E-state index contributed by atoms with van der Waals surface area (Å²) < 4.78 is 11.6. The highest BCUT2D eigenvalue weighted by molar-refractivity contribution is 8.01. The van der Waals surface area contributed by atoms with E-state index >= 15 is 0 Å². The fourth-order valence-electron chi connectivity index (χ4n) is 3.41. The summed E-state index contributed by atoms with van der Waals surface area (Å²) in [5, 5.41) is 10.6. The van der Waals surface area contributed by atoms with Gasteiger partial charge in [0, 0.05) is 16.3 Å². The first-order valence-electron chi connectivity index (χ1n) is 9.52. The molecule has 0 bridgehead atoms. The van der Waals surface area contributed by atoms with Crippen molar-refractivity contribution < 1.29 is 14.3 Å². The molecule has 0 aliphatic carbocycles. The second-order valence-corrected chi connectivity index (χ2v) is 8.97. The molecule has 0 unspecified atom stereocenters. The maximum absolute atomic E-state index is 12.3. The predicted molar refractivity (Wildman–Crippen MR) is 120 cm³/mol. The molecule has 0 saturated heterocycles. The van der Waals surface area contributed by atoms with Gasteiger partial charge in [0.25, 0.3) is 0 Å². The summed E-state index contributed by atoms with van der Waals surface area (Å²) in [6.07, 6.45) is 0. The summed E-state index contributed by atoms with van der Waals surface area (Å²) in [4.78, 5) is 12.3. The van der Waals surface area contributed by atoms with Gasteiger partial charge in [0.15, 0.2) is 17.3 Å². The molecule has 30 heavy (non-hydrogen) atoms. The SMILES string of the molecule is COc1cc([C@H]2S[C@@H](C)C(=O)Nc3n[nH]c(C)c32)ccc1OCc1cccc(Cl)c1. The number of aromatic nitrogens is 2. The Morgan fingerprint density at radius 1 is 1.20 bits per heavy atom. The maximum atomic E-state index is 12.3.